The van der Waals surface area contributed by atoms with Gasteiger partial charge in [0.2, 0.25) is 5.91 Å². The van der Waals surface area contributed by atoms with Gasteiger partial charge in [0.05, 0.1) is 12.0 Å². The third-order valence-corrected chi connectivity index (χ3v) is 4.39. The zero-order chi connectivity index (χ0) is 22.1. The van der Waals surface area contributed by atoms with Crippen molar-refractivity contribution in [2.75, 3.05) is 19.7 Å². The van der Waals surface area contributed by atoms with Gasteiger partial charge in [-0.15, -0.1) is 0 Å². The molecule has 0 radical (unpaired) electrons. The first kappa shape index (κ1) is 23.0. The standard InChI is InChI=1S/C20H27N5O5/c1-20(2,3)30-18(27)22-12-15(9-10-23-24-21)17(26)25-16(13-29-19(25)28)11-14-7-5-4-6-8-14/h4-8,15-16H,9-13H2,1-3H3,(H,22,27)/t15-,16?/m1/s1. The number of ether oxygens (including phenoxy) is 2. The summed E-state index contributed by atoms with van der Waals surface area (Å²) in [4.78, 5) is 41.2. The molecule has 1 aromatic carbocycles. The molecule has 10 heteroatoms. The number of imide groups is 1. The van der Waals surface area contributed by atoms with E-state index in [9.17, 15) is 14.4 Å². The van der Waals surface area contributed by atoms with Crippen LogP contribution in [0.15, 0.2) is 35.4 Å². The number of benzene rings is 1. The van der Waals surface area contributed by atoms with Crippen molar-refractivity contribution in [3.63, 3.8) is 0 Å². The largest absolute Gasteiger partial charge is 0.447 e. The molecule has 0 spiro atoms. The molecule has 1 fully saturated rings. The van der Waals surface area contributed by atoms with Crippen LogP contribution in [0.1, 0.15) is 32.8 Å². The Morgan fingerprint density at radius 2 is 2.07 bits per heavy atom. The average molecular weight is 417 g/mol. The predicted molar refractivity (Wildman–Crippen MR) is 108 cm³/mol. The molecule has 10 nitrogen and oxygen atoms in total. The van der Waals surface area contributed by atoms with Gasteiger partial charge in [0.1, 0.15) is 12.2 Å². The molecular formula is C20H27N5O5. The fraction of sp³-hybridized carbons (Fsp3) is 0.550. The van der Waals surface area contributed by atoms with Crippen molar-refractivity contribution < 1.29 is 23.9 Å². The lowest BCUT2D eigenvalue weighted by Crippen LogP contribution is -2.47. The summed E-state index contributed by atoms with van der Waals surface area (Å²) in [6.45, 7) is 5.27. The summed E-state index contributed by atoms with van der Waals surface area (Å²) in [5.41, 5.74) is 8.80. The summed E-state index contributed by atoms with van der Waals surface area (Å²) < 4.78 is 10.3. The summed E-state index contributed by atoms with van der Waals surface area (Å²) in [6, 6.07) is 9.02. The van der Waals surface area contributed by atoms with Crippen molar-refractivity contribution in [1.82, 2.24) is 10.2 Å². The summed E-state index contributed by atoms with van der Waals surface area (Å²) in [6.07, 6.45) is -0.762. The summed E-state index contributed by atoms with van der Waals surface area (Å²) in [5.74, 6) is -1.26. The highest BCUT2D eigenvalue weighted by atomic mass is 16.6. The number of carbonyl (C=O) groups is 3. The molecule has 1 unspecified atom stereocenters. The van der Waals surface area contributed by atoms with E-state index in [2.05, 4.69) is 15.3 Å². The Hall–Kier alpha value is -3.26. The Kier molecular flexibility index (Phi) is 8.06. The molecule has 1 saturated heterocycles. The molecule has 3 amide bonds. The maximum atomic E-state index is 13.1. The van der Waals surface area contributed by atoms with Crippen LogP contribution < -0.4 is 5.32 Å². The first-order valence-electron chi connectivity index (χ1n) is 9.72. The molecule has 0 saturated carbocycles. The lowest BCUT2D eigenvalue weighted by molar-refractivity contribution is -0.133. The minimum absolute atomic E-state index is 0.0507. The van der Waals surface area contributed by atoms with Crippen LogP contribution in [0, 0.1) is 5.92 Å². The lowest BCUT2D eigenvalue weighted by atomic mass is 10.0. The van der Waals surface area contributed by atoms with Gasteiger partial charge in [-0.3, -0.25) is 4.79 Å². The average Bonchev–Trinajstić information content (AvgIpc) is 3.03. The fourth-order valence-corrected chi connectivity index (χ4v) is 3.06. The number of alkyl carbamates (subject to hydrolysis) is 1. The summed E-state index contributed by atoms with van der Waals surface area (Å²) in [5, 5.41) is 6.02. The van der Waals surface area contributed by atoms with Crippen LogP contribution >= 0.6 is 0 Å². The van der Waals surface area contributed by atoms with Crippen LogP contribution in [-0.2, 0) is 20.7 Å². The number of nitrogens with one attached hydrogen (secondary N) is 1. The molecule has 30 heavy (non-hydrogen) atoms. The number of cyclic esters (lactones) is 1. The SMILES string of the molecule is CC(C)(C)OC(=O)NC[C@@H](CCN=[N+]=[N-])C(=O)N1C(=O)OCC1Cc1ccccc1. The number of amides is 3. The van der Waals surface area contributed by atoms with Gasteiger partial charge < -0.3 is 14.8 Å². The fourth-order valence-electron chi connectivity index (χ4n) is 3.06. The van der Waals surface area contributed by atoms with Gasteiger partial charge >= 0.3 is 12.2 Å². The van der Waals surface area contributed by atoms with Gasteiger partial charge in [0.15, 0.2) is 0 Å². The van der Waals surface area contributed by atoms with Crippen LogP contribution in [-0.4, -0.2) is 54.3 Å². The van der Waals surface area contributed by atoms with E-state index in [4.69, 9.17) is 15.0 Å². The van der Waals surface area contributed by atoms with Gasteiger partial charge in [0.25, 0.3) is 0 Å². The molecule has 0 aromatic heterocycles. The number of azide groups is 1. The van der Waals surface area contributed by atoms with E-state index in [1.807, 2.05) is 30.3 Å². The molecule has 2 rings (SSSR count). The van der Waals surface area contributed by atoms with E-state index in [1.54, 1.807) is 20.8 Å². The highest BCUT2D eigenvalue weighted by Gasteiger charge is 2.40. The lowest BCUT2D eigenvalue weighted by Gasteiger charge is -2.25. The molecule has 0 aliphatic carbocycles. The van der Waals surface area contributed by atoms with Gasteiger partial charge in [-0.1, -0.05) is 35.4 Å². The Bertz CT molecular complexity index is 802. The molecule has 162 valence electrons. The number of nitrogens with zero attached hydrogens (tertiary/aromatic N) is 4. The van der Waals surface area contributed by atoms with Gasteiger partial charge in [0, 0.05) is 18.0 Å². The van der Waals surface area contributed by atoms with Crippen molar-refractivity contribution >= 4 is 18.1 Å². The first-order valence-corrected chi connectivity index (χ1v) is 9.72. The number of hydrogen-bond donors (Lipinski definition) is 1. The Labute approximate surface area is 175 Å². The summed E-state index contributed by atoms with van der Waals surface area (Å²) >= 11 is 0. The maximum absolute atomic E-state index is 13.1. The second kappa shape index (κ2) is 10.5. The van der Waals surface area contributed by atoms with Crippen LogP contribution in [0.2, 0.25) is 0 Å². The quantitative estimate of drug-likeness (QED) is 0.393. The monoisotopic (exact) mass is 417 g/mol. The van der Waals surface area contributed by atoms with E-state index < -0.39 is 35.7 Å². The number of rotatable bonds is 8. The smallest absolute Gasteiger partial charge is 0.416 e. The number of carbonyl (C=O) groups excluding carboxylic acids is 3. The topological polar surface area (TPSA) is 134 Å². The minimum Gasteiger partial charge on any atom is -0.447 e. The zero-order valence-corrected chi connectivity index (χ0v) is 17.4. The molecular weight excluding hydrogens is 390 g/mol. The van der Waals surface area contributed by atoms with Crippen molar-refractivity contribution in [3.05, 3.63) is 46.3 Å². The van der Waals surface area contributed by atoms with E-state index in [0.29, 0.717) is 6.42 Å². The van der Waals surface area contributed by atoms with E-state index in [0.717, 1.165) is 10.5 Å². The van der Waals surface area contributed by atoms with Crippen LogP contribution in [0.25, 0.3) is 10.4 Å². The Balaban J connectivity index is 2.10. The third kappa shape index (κ3) is 6.97. The van der Waals surface area contributed by atoms with Crippen LogP contribution in [0.3, 0.4) is 0 Å². The van der Waals surface area contributed by atoms with Gasteiger partial charge in [-0.2, -0.15) is 0 Å². The summed E-state index contributed by atoms with van der Waals surface area (Å²) in [7, 11) is 0. The van der Waals surface area contributed by atoms with Gasteiger partial charge in [-0.05, 0) is 44.7 Å². The zero-order valence-electron chi connectivity index (χ0n) is 17.4. The molecule has 2 atom stereocenters. The second-order valence-electron chi connectivity index (χ2n) is 7.95. The second-order valence-corrected chi connectivity index (χ2v) is 7.95. The third-order valence-electron chi connectivity index (χ3n) is 4.39. The molecule has 1 heterocycles. The maximum Gasteiger partial charge on any atom is 0.416 e. The predicted octanol–water partition coefficient (Wildman–Crippen LogP) is 3.42. The normalized spacial score (nSPS) is 17.0. The van der Waals surface area contributed by atoms with Crippen molar-refractivity contribution in [3.8, 4) is 0 Å². The molecule has 1 aliphatic rings. The first-order chi connectivity index (χ1) is 14.2. The van der Waals surface area contributed by atoms with Gasteiger partial charge in [-0.25, -0.2) is 14.5 Å². The van der Waals surface area contributed by atoms with E-state index >= 15 is 0 Å². The molecule has 1 aliphatic heterocycles. The highest BCUT2D eigenvalue weighted by molar-refractivity contribution is 5.95. The minimum atomic E-state index is -0.771. The Morgan fingerprint density at radius 1 is 1.37 bits per heavy atom. The van der Waals surface area contributed by atoms with Crippen LogP contribution in [0.5, 0.6) is 0 Å². The highest BCUT2D eigenvalue weighted by Crippen LogP contribution is 2.21. The molecule has 1 aromatic rings. The van der Waals surface area contributed by atoms with Crippen LogP contribution in [0.4, 0.5) is 9.59 Å². The number of hydrogen-bond acceptors (Lipinski definition) is 6. The van der Waals surface area contributed by atoms with Crippen molar-refractivity contribution in [1.29, 1.82) is 0 Å². The van der Waals surface area contributed by atoms with Crippen molar-refractivity contribution in [2.45, 2.75) is 45.3 Å². The van der Waals surface area contributed by atoms with E-state index in [-0.39, 0.29) is 26.1 Å². The Morgan fingerprint density at radius 3 is 2.70 bits per heavy atom. The van der Waals surface area contributed by atoms with E-state index in [1.165, 1.54) is 0 Å². The van der Waals surface area contributed by atoms with Crippen molar-refractivity contribution in [2.24, 2.45) is 11.0 Å². The molecule has 1 N–H and O–H groups in total. The molecule has 0 bridgehead atoms.